The molecule has 0 fully saturated rings. The van der Waals surface area contributed by atoms with E-state index in [0.717, 1.165) is 41.7 Å². The average Bonchev–Trinajstić information content (AvgIpc) is 2.37. The zero-order chi connectivity index (χ0) is 13.4. The summed E-state index contributed by atoms with van der Waals surface area (Å²) < 4.78 is 11.5. The van der Waals surface area contributed by atoms with Crippen LogP contribution in [0.2, 0.25) is 0 Å². The van der Waals surface area contributed by atoms with Crippen molar-refractivity contribution in [3.63, 3.8) is 0 Å². The van der Waals surface area contributed by atoms with E-state index in [1.165, 1.54) is 0 Å². The summed E-state index contributed by atoms with van der Waals surface area (Å²) in [5.74, 6) is 4.07. The lowest BCUT2D eigenvalue weighted by molar-refractivity contribution is 0.352. The lowest BCUT2D eigenvalue weighted by Gasteiger charge is -2.12. The van der Waals surface area contributed by atoms with E-state index >= 15 is 0 Å². The zero-order valence-electron chi connectivity index (χ0n) is 10.8. The maximum absolute atomic E-state index is 5.29. The van der Waals surface area contributed by atoms with Gasteiger partial charge in [-0.3, -0.25) is 0 Å². The van der Waals surface area contributed by atoms with E-state index in [-0.39, 0.29) is 0 Å². The fourth-order valence-electron chi connectivity index (χ4n) is 1.62. The van der Waals surface area contributed by atoms with E-state index in [1.54, 1.807) is 14.2 Å². The van der Waals surface area contributed by atoms with Gasteiger partial charge in [-0.1, -0.05) is 0 Å². The molecule has 0 bridgehead atoms. The molecule has 4 heteroatoms. The summed E-state index contributed by atoms with van der Waals surface area (Å²) in [5.41, 5.74) is 1.14. The van der Waals surface area contributed by atoms with Crippen LogP contribution in [0.15, 0.2) is 16.6 Å². The van der Waals surface area contributed by atoms with Gasteiger partial charge in [-0.25, -0.2) is 0 Å². The molecule has 0 saturated carbocycles. The fraction of sp³-hybridized carbons (Fsp3) is 0.429. The molecule has 0 radical (unpaired) electrons. The molecule has 18 heavy (non-hydrogen) atoms. The maximum atomic E-state index is 5.29. The Labute approximate surface area is 117 Å². The standard InChI is InChI=1S/C14H18BrNO2/c1-4-5-6-7-16-10-11-8-12(15)14(18-3)13(9-11)17-2/h1,8-9,16H,5-7,10H2,2-3H3. The highest BCUT2D eigenvalue weighted by Gasteiger charge is 2.09. The van der Waals surface area contributed by atoms with Crippen LogP contribution in [-0.2, 0) is 6.54 Å². The number of nitrogens with one attached hydrogen (secondary N) is 1. The minimum absolute atomic E-state index is 0.716. The van der Waals surface area contributed by atoms with Crippen molar-refractivity contribution in [2.75, 3.05) is 20.8 Å². The van der Waals surface area contributed by atoms with Crippen LogP contribution in [0.3, 0.4) is 0 Å². The molecule has 98 valence electrons. The average molecular weight is 312 g/mol. The molecule has 0 amide bonds. The first-order valence-electron chi connectivity index (χ1n) is 5.77. The molecule has 0 aliphatic rings. The number of terminal acetylenes is 1. The summed E-state index contributed by atoms with van der Waals surface area (Å²) in [6, 6.07) is 3.99. The third-order valence-corrected chi connectivity index (χ3v) is 3.09. The number of unbranched alkanes of at least 4 members (excludes halogenated alkanes) is 1. The van der Waals surface area contributed by atoms with Crippen LogP contribution in [0.1, 0.15) is 18.4 Å². The summed E-state index contributed by atoms with van der Waals surface area (Å²) in [4.78, 5) is 0. The van der Waals surface area contributed by atoms with Crippen LogP contribution in [0, 0.1) is 12.3 Å². The van der Waals surface area contributed by atoms with Gasteiger partial charge >= 0.3 is 0 Å². The molecule has 3 nitrogen and oxygen atoms in total. The van der Waals surface area contributed by atoms with Crippen LogP contribution in [0.5, 0.6) is 11.5 Å². The summed E-state index contributed by atoms with van der Waals surface area (Å²) in [5, 5.41) is 3.34. The highest BCUT2D eigenvalue weighted by atomic mass is 79.9. The number of ether oxygens (including phenoxy) is 2. The molecule has 0 heterocycles. The number of hydrogen-bond acceptors (Lipinski definition) is 3. The first-order valence-corrected chi connectivity index (χ1v) is 6.56. The summed E-state index contributed by atoms with van der Waals surface area (Å²) in [7, 11) is 3.26. The van der Waals surface area contributed by atoms with Crippen molar-refractivity contribution >= 4 is 15.9 Å². The minimum Gasteiger partial charge on any atom is -0.493 e. The monoisotopic (exact) mass is 311 g/mol. The topological polar surface area (TPSA) is 30.5 Å². The van der Waals surface area contributed by atoms with Crippen LogP contribution in [0.25, 0.3) is 0 Å². The molecule has 0 aromatic heterocycles. The third-order valence-electron chi connectivity index (χ3n) is 2.50. The van der Waals surface area contributed by atoms with Gasteiger partial charge in [0.1, 0.15) is 0 Å². The number of methoxy groups -OCH3 is 2. The zero-order valence-corrected chi connectivity index (χ0v) is 12.3. The van der Waals surface area contributed by atoms with Crippen LogP contribution in [0.4, 0.5) is 0 Å². The molecule has 1 rings (SSSR count). The largest absolute Gasteiger partial charge is 0.493 e. The highest BCUT2D eigenvalue weighted by molar-refractivity contribution is 9.10. The SMILES string of the molecule is C#CCCCNCc1cc(Br)c(OC)c(OC)c1. The summed E-state index contributed by atoms with van der Waals surface area (Å²) >= 11 is 3.47. The smallest absolute Gasteiger partial charge is 0.174 e. The van der Waals surface area contributed by atoms with Gasteiger partial charge in [-0.05, 0) is 46.6 Å². The van der Waals surface area contributed by atoms with Crippen molar-refractivity contribution in [3.8, 4) is 23.8 Å². The predicted molar refractivity (Wildman–Crippen MR) is 77.0 cm³/mol. The quantitative estimate of drug-likeness (QED) is 0.620. The number of halogens is 1. The number of benzene rings is 1. The Bertz CT molecular complexity index is 427. The fourth-order valence-corrected chi connectivity index (χ4v) is 2.27. The minimum atomic E-state index is 0.716. The van der Waals surface area contributed by atoms with Gasteiger partial charge in [0, 0.05) is 13.0 Å². The van der Waals surface area contributed by atoms with E-state index in [1.807, 2.05) is 12.1 Å². The summed E-state index contributed by atoms with van der Waals surface area (Å²) in [6.45, 7) is 1.69. The van der Waals surface area contributed by atoms with E-state index < -0.39 is 0 Å². The highest BCUT2D eigenvalue weighted by Crippen LogP contribution is 2.36. The van der Waals surface area contributed by atoms with Crippen molar-refractivity contribution in [1.82, 2.24) is 5.32 Å². The van der Waals surface area contributed by atoms with E-state index in [4.69, 9.17) is 15.9 Å². The molecular weight excluding hydrogens is 294 g/mol. The Kier molecular flexibility index (Phi) is 6.63. The second-order valence-electron chi connectivity index (χ2n) is 3.80. The first kappa shape index (κ1) is 14.9. The van der Waals surface area contributed by atoms with Gasteiger partial charge in [0.25, 0.3) is 0 Å². The molecule has 0 aliphatic heterocycles. The van der Waals surface area contributed by atoms with E-state index in [9.17, 15) is 0 Å². The molecule has 0 saturated heterocycles. The number of rotatable bonds is 7. The van der Waals surface area contributed by atoms with Crippen molar-refractivity contribution in [2.24, 2.45) is 0 Å². The molecule has 1 aromatic rings. The Balaban J connectivity index is 2.62. The Morgan fingerprint density at radius 1 is 1.33 bits per heavy atom. The second kappa shape index (κ2) is 8.02. The normalized spacial score (nSPS) is 9.89. The Hall–Kier alpha value is -1.18. The molecular formula is C14H18BrNO2. The second-order valence-corrected chi connectivity index (χ2v) is 4.65. The van der Waals surface area contributed by atoms with Gasteiger partial charge in [0.15, 0.2) is 11.5 Å². The summed E-state index contributed by atoms with van der Waals surface area (Å²) in [6.07, 6.45) is 7.00. The molecule has 0 atom stereocenters. The Morgan fingerprint density at radius 3 is 2.72 bits per heavy atom. The molecule has 1 N–H and O–H groups in total. The predicted octanol–water partition coefficient (Wildman–Crippen LogP) is 2.97. The van der Waals surface area contributed by atoms with Gasteiger partial charge in [0.2, 0.25) is 0 Å². The van der Waals surface area contributed by atoms with E-state index in [0.29, 0.717) is 5.75 Å². The number of hydrogen-bond donors (Lipinski definition) is 1. The van der Waals surface area contributed by atoms with Gasteiger partial charge in [0.05, 0.1) is 18.7 Å². The first-order chi connectivity index (χ1) is 8.72. The Morgan fingerprint density at radius 2 is 2.11 bits per heavy atom. The van der Waals surface area contributed by atoms with Gasteiger partial charge in [-0.2, -0.15) is 0 Å². The van der Waals surface area contributed by atoms with Gasteiger partial charge in [-0.15, -0.1) is 12.3 Å². The molecule has 1 aromatic carbocycles. The van der Waals surface area contributed by atoms with Crippen molar-refractivity contribution in [2.45, 2.75) is 19.4 Å². The lowest BCUT2D eigenvalue weighted by Crippen LogP contribution is -2.14. The molecule has 0 unspecified atom stereocenters. The van der Waals surface area contributed by atoms with Crippen LogP contribution >= 0.6 is 15.9 Å². The maximum Gasteiger partial charge on any atom is 0.174 e. The van der Waals surface area contributed by atoms with Gasteiger partial charge < -0.3 is 14.8 Å². The van der Waals surface area contributed by atoms with Crippen LogP contribution in [-0.4, -0.2) is 20.8 Å². The van der Waals surface area contributed by atoms with Crippen molar-refractivity contribution in [3.05, 3.63) is 22.2 Å². The van der Waals surface area contributed by atoms with E-state index in [2.05, 4.69) is 27.2 Å². The van der Waals surface area contributed by atoms with Crippen LogP contribution < -0.4 is 14.8 Å². The lowest BCUT2D eigenvalue weighted by atomic mass is 10.2. The third kappa shape index (κ3) is 4.25. The van der Waals surface area contributed by atoms with Crippen molar-refractivity contribution in [1.29, 1.82) is 0 Å². The molecule has 0 spiro atoms. The van der Waals surface area contributed by atoms with Crippen molar-refractivity contribution < 1.29 is 9.47 Å². The molecule has 0 aliphatic carbocycles.